The summed E-state index contributed by atoms with van der Waals surface area (Å²) in [5, 5.41) is 32.7. The minimum absolute atomic E-state index is 0.0831. The highest BCUT2D eigenvalue weighted by molar-refractivity contribution is 7.13. The first-order chi connectivity index (χ1) is 13.7. The molecule has 0 bridgehead atoms. The van der Waals surface area contributed by atoms with E-state index in [0.717, 1.165) is 27.6 Å². The zero-order valence-corrected chi connectivity index (χ0v) is 15.6. The van der Waals surface area contributed by atoms with E-state index in [9.17, 15) is 5.26 Å². The van der Waals surface area contributed by atoms with Crippen LogP contribution in [-0.4, -0.2) is 12.1 Å². The fourth-order valence-electron chi connectivity index (χ4n) is 2.46. The molecule has 1 N–H and O–H groups in total. The van der Waals surface area contributed by atoms with E-state index in [0.29, 0.717) is 5.69 Å². The van der Waals surface area contributed by atoms with Gasteiger partial charge in [-0.3, -0.25) is 0 Å². The number of rotatable bonds is 5. The molecule has 3 aromatic rings. The maximum absolute atomic E-state index is 9.18. The maximum atomic E-state index is 9.18. The third-order valence-electron chi connectivity index (χ3n) is 3.85. The first kappa shape index (κ1) is 18.7. The zero-order valence-electron chi connectivity index (χ0n) is 14.8. The van der Waals surface area contributed by atoms with Crippen LogP contribution in [0.2, 0.25) is 0 Å². The Balaban J connectivity index is 1.88. The lowest BCUT2D eigenvalue weighted by molar-refractivity contribution is 0.415. The van der Waals surface area contributed by atoms with Gasteiger partial charge in [0.1, 0.15) is 34.7 Å². The van der Waals surface area contributed by atoms with Crippen molar-refractivity contribution in [1.82, 2.24) is 4.98 Å². The number of allylic oxidation sites excluding steroid dienone is 2. The SMILES string of the molecule is COc1ccc(-c2csc(-c3cccc(NC(C#N)=C(C#N)C#N)c3)n2)cc1. The lowest BCUT2D eigenvalue weighted by Gasteiger charge is -2.06. The number of aromatic nitrogens is 1. The molecule has 134 valence electrons. The van der Waals surface area contributed by atoms with Gasteiger partial charge in [0.05, 0.1) is 12.8 Å². The van der Waals surface area contributed by atoms with Crippen LogP contribution in [0.1, 0.15) is 0 Å². The number of hydrogen-bond acceptors (Lipinski definition) is 7. The smallest absolute Gasteiger partial charge is 0.163 e. The molecule has 0 spiro atoms. The summed E-state index contributed by atoms with van der Waals surface area (Å²) in [6.07, 6.45) is 0. The summed E-state index contributed by atoms with van der Waals surface area (Å²) in [4.78, 5) is 4.68. The molecule has 0 atom stereocenters. The highest BCUT2D eigenvalue weighted by Crippen LogP contribution is 2.31. The summed E-state index contributed by atoms with van der Waals surface area (Å²) in [6.45, 7) is 0. The number of anilines is 1. The first-order valence-corrected chi connectivity index (χ1v) is 8.98. The summed E-state index contributed by atoms with van der Waals surface area (Å²) in [7, 11) is 1.63. The number of benzene rings is 2. The van der Waals surface area contributed by atoms with Gasteiger partial charge < -0.3 is 10.1 Å². The molecule has 0 amide bonds. The second-order valence-corrected chi connectivity index (χ2v) is 6.42. The molecule has 2 aromatic carbocycles. The molecule has 7 heteroatoms. The zero-order chi connectivity index (χ0) is 19.9. The largest absolute Gasteiger partial charge is 0.497 e. The van der Waals surface area contributed by atoms with Crippen molar-refractivity contribution >= 4 is 17.0 Å². The molecule has 28 heavy (non-hydrogen) atoms. The Morgan fingerprint density at radius 1 is 1.00 bits per heavy atom. The summed E-state index contributed by atoms with van der Waals surface area (Å²) in [6, 6.07) is 20.2. The van der Waals surface area contributed by atoms with Crippen molar-refractivity contribution in [3.05, 3.63) is 65.2 Å². The predicted molar refractivity (Wildman–Crippen MR) is 107 cm³/mol. The van der Waals surface area contributed by atoms with Gasteiger partial charge in [-0.15, -0.1) is 11.3 Å². The molecular formula is C21H13N5OS. The second kappa shape index (κ2) is 8.51. The predicted octanol–water partition coefficient (Wildman–Crippen LogP) is 4.72. The van der Waals surface area contributed by atoms with Crippen LogP contribution in [0.25, 0.3) is 21.8 Å². The van der Waals surface area contributed by atoms with Gasteiger partial charge in [0, 0.05) is 22.2 Å². The second-order valence-electron chi connectivity index (χ2n) is 5.56. The van der Waals surface area contributed by atoms with Gasteiger partial charge in [0.2, 0.25) is 0 Å². The van der Waals surface area contributed by atoms with Crippen LogP contribution < -0.4 is 10.1 Å². The summed E-state index contributed by atoms with van der Waals surface area (Å²) in [5.41, 5.74) is 2.96. The number of nitrogens with one attached hydrogen (secondary N) is 1. The molecule has 0 aliphatic carbocycles. The Hall–Kier alpha value is -4.12. The van der Waals surface area contributed by atoms with Gasteiger partial charge >= 0.3 is 0 Å². The van der Waals surface area contributed by atoms with Gasteiger partial charge in [-0.25, -0.2) is 4.98 Å². The van der Waals surface area contributed by atoms with Crippen molar-refractivity contribution in [3.8, 4) is 45.8 Å². The number of ether oxygens (including phenoxy) is 1. The van der Waals surface area contributed by atoms with Gasteiger partial charge in [0.25, 0.3) is 0 Å². The Morgan fingerprint density at radius 3 is 2.39 bits per heavy atom. The van der Waals surface area contributed by atoms with Gasteiger partial charge in [-0.05, 0) is 36.4 Å². The van der Waals surface area contributed by atoms with Crippen molar-refractivity contribution < 1.29 is 4.74 Å². The lowest BCUT2D eigenvalue weighted by atomic mass is 10.1. The number of methoxy groups -OCH3 is 1. The van der Waals surface area contributed by atoms with E-state index < -0.39 is 0 Å². The van der Waals surface area contributed by atoms with E-state index in [2.05, 4.69) is 10.3 Å². The number of hydrogen-bond donors (Lipinski definition) is 1. The Labute approximate surface area is 166 Å². The van der Waals surface area contributed by atoms with Gasteiger partial charge in [-0.1, -0.05) is 12.1 Å². The number of nitriles is 3. The van der Waals surface area contributed by atoms with Gasteiger partial charge in [-0.2, -0.15) is 15.8 Å². The highest BCUT2D eigenvalue weighted by Gasteiger charge is 2.10. The normalized spacial score (nSPS) is 9.50. The summed E-state index contributed by atoms with van der Waals surface area (Å²) in [5.74, 6) is 0.786. The van der Waals surface area contributed by atoms with Crippen molar-refractivity contribution in [3.63, 3.8) is 0 Å². The molecule has 6 nitrogen and oxygen atoms in total. The Kier molecular flexibility index (Phi) is 5.67. The quantitative estimate of drug-likeness (QED) is 0.639. The molecule has 1 aromatic heterocycles. The van der Waals surface area contributed by atoms with E-state index in [4.69, 9.17) is 15.3 Å². The topological polar surface area (TPSA) is 106 Å². The van der Waals surface area contributed by atoms with Crippen molar-refractivity contribution in [2.24, 2.45) is 0 Å². The minimum Gasteiger partial charge on any atom is -0.497 e. The van der Waals surface area contributed by atoms with E-state index in [1.165, 1.54) is 11.3 Å². The van der Waals surface area contributed by atoms with E-state index >= 15 is 0 Å². The third kappa shape index (κ3) is 3.99. The monoisotopic (exact) mass is 383 g/mol. The third-order valence-corrected chi connectivity index (χ3v) is 4.75. The molecule has 0 saturated carbocycles. The minimum atomic E-state index is -0.260. The average Bonchev–Trinajstić information content (AvgIpc) is 3.24. The van der Waals surface area contributed by atoms with Crippen LogP contribution in [0.4, 0.5) is 5.69 Å². The fourth-order valence-corrected chi connectivity index (χ4v) is 3.28. The Bertz CT molecular complexity index is 1140. The highest BCUT2D eigenvalue weighted by atomic mass is 32.1. The van der Waals surface area contributed by atoms with Gasteiger partial charge in [0.15, 0.2) is 5.57 Å². The first-order valence-electron chi connectivity index (χ1n) is 8.10. The van der Waals surface area contributed by atoms with Crippen LogP contribution in [0, 0.1) is 34.0 Å². The van der Waals surface area contributed by atoms with Crippen LogP contribution in [0.5, 0.6) is 5.75 Å². The molecule has 1 heterocycles. The van der Waals surface area contributed by atoms with Crippen LogP contribution >= 0.6 is 11.3 Å². The van der Waals surface area contributed by atoms with Crippen molar-refractivity contribution in [2.75, 3.05) is 12.4 Å². The molecule has 0 unspecified atom stereocenters. The molecule has 0 fully saturated rings. The van der Waals surface area contributed by atoms with Crippen LogP contribution in [0.15, 0.2) is 65.2 Å². The molecule has 3 rings (SSSR count). The number of nitrogens with zero attached hydrogens (tertiary/aromatic N) is 4. The van der Waals surface area contributed by atoms with E-state index in [1.54, 1.807) is 25.3 Å². The molecule has 0 aliphatic heterocycles. The Morgan fingerprint density at radius 2 is 1.75 bits per heavy atom. The van der Waals surface area contributed by atoms with Crippen molar-refractivity contribution in [1.29, 1.82) is 15.8 Å². The van der Waals surface area contributed by atoms with Crippen molar-refractivity contribution in [2.45, 2.75) is 0 Å². The average molecular weight is 383 g/mol. The van der Waals surface area contributed by atoms with E-state index in [-0.39, 0.29) is 11.3 Å². The number of thiazole rings is 1. The standard InChI is InChI=1S/C21H13N5OS/c1-27-18-7-5-14(6-8-18)20-13-28-21(26-20)15-3-2-4-17(9-15)25-19(12-24)16(10-22)11-23/h2-9,13,25H,1H3. The maximum Gasteiger partial charge on any atom is 0.163 e. The fraction of sp³-hybridized carbons (Fsp3) is 0.0476. The molecular weight excluding hydrogens is 370 g/mol. The van der Waals surface area contributed by atoms with Crippen LogP contribution in [-0.2, 0) is 0 Å². The molecule has 0 saturated heterocycles. The van der Waals surface area contributed by atoms with E-state index in [1.807, 2.05) is 53.9 Å². The molecule has 0 aliphatic rings. The van der Waals surface area contributed by atoms with Crippen LogP contribution in [0.3, 0.4) is 0 Å². The lowest BCUT2D eigenvalue weighted by Crippen LogP contribution is -2.00. The summed E-state index contributed by atoms with van der Waals surface area (Å²) >= 11 is 1.50. The summed E-state index contributed by atoms with van der Waals surface area (Å²) < 4.78 is 5.18. The molecule has 0 radical (unpaired) electrons.